The highest BCUT2D eigenvalue weighted by Crippen LogP contribution is 2.22. The number of amides is 1. The van der Waals surface area contributed by atoms with Gasteiger partial charge in [-0.1, -0.05) is 18.2 Å². The molecule has 0 aliphatic carbocycles. The Morgan fingerprint density at radius 1 is 1.22 bits per heavy atom. The topological polar surface area (TPSA) is 38.8 Å². The monoisotopic (exact) mass is 249 g/mol. The number of hydrogen-bond acceptors (Lipinski definition) is 3. The van der Waals surface area contributed by atoms with E-state index in [1.165, 1.54) is 0 Å². The van der Waals surface area contributed by atoms with E-state index < -0.39 is 0 Å². The maximum Gasteiger partial charge on any atom is 0.254 e. The molecule has 0 atom stereocenters. The standard InChI is InChI=1S/C14H19NO3/c1-3-17-13(18-4-2)10-15-9-11-7-5-6-8-12(11)14(15)16/h5-8,13H,3-4,9-10H2,1-2H3. The second-order valence-corrected chi connectivity index (χ2v) is 4.18. The van der Waals surface area contributed by atoms with Crippen LogP contribution in [-0.4, -0.2) is 36.9 Å². The van der Waals surface area contributed by atoms with Crippen molar-refractivity contribution in [3.63, 3.8) is 0 Å². The van der Waals surface area contributed by atoms with E-state index in [1.54, 1.807) is 4.90 Å². The van der Waals surface area contributed by atoms with Crippen molar-refractivity contribution in [2.24, 2.45) is 0 Å². The van der Waals surface area contributed by atoms with Gasteiger partial charge in [-0.2, -0.15) is 0 Å². The molecular formula is C14H19NO3. The average Bonchev–Trinajstić information content (AvgIpc) is 2.68. The lowest BCUT2D eigenvalue weighted by atomic mass is 10.1. The molecule has 1 aromatic rings. The predicted octanol–water partition coefficient (Wildman–Crippen LogP) is 2.04. The maximum absolute atomic E-state index is 12.2. The summed E-state index contributed by atoms with van der Waals surface area (Å²) in [6.07, 6.45) is -0.335. The largest absolute Gasteiger partial charge is 0.351 e. The van der Waals surface area contributed by atoms with E-state index >= 15 is 0 Å². The van der Waals surface area contributed by atoms with Gasteiger partial charge in [0, 0.05) is 25.3 Å². The lowest BCUT2D eigenvalue weighted by molar-refractivity contribution is -0.143. The summed E-state index contributed by atoms with van der Waals surface area (Å²) in [5, 5.41) is 0. The number of carbonyl (C=O) groups excluding carboxylic acids is 1. The van der Waals surface area contributed by atoms with Gasteiger partial charge in [0.05, 0.1) is 6.54 Å². The first-order valence-corrected chi connectivity index (χ1v) is 6.36. The summed E-state index contributed by atoms with van der Waals surface area (Å²) >= 11 is 0. The molecule has 0 saturated heterocycles. The van der Waals surface area contributed by atoms with Gasteiger partial charge in [0.25, 0.3) is 5.91 Å². The third kappa shape index (κ3) is 2.71. The summed E-state index contributed by atoms with van der Waals surface area (Å²) in [6, 6.07) is 7.71. The van der Waals surface area contributed by atoms with Crippen LogP contribution in [0, 0.1) is 0 Å². The van der Waals surface area contributed by atoms with E-state index in [9.17, 15) is 4.79 Å². The average molecular weight is 249 g/mol. The first kappa shape index (κ1) is 13.1. The number of hydrogen-bond donors (Lipinski definition) is 0. The zero-order chi connectivity index (χ0) is 13.0. The van der Waals surface area contributed by atoms with Gasteiger partial charge in [0.1, 0.15) is 0 Å². The Labute approximate surface area is 107 Å². The molecule has 0 radical (unpaired) electrons. The second-order valence-electron chi connectivity index (χ2n) is 4.18. The Morgan fingerprint density at radius 2 is 1.89 bits per heavy atom. The molecule has 0 saturated carbocycles. The summed E-state index contributed by atoms with van der Waals surface area (Å²) < 4.78 is 11.0. The molecule has 0 fully saturated rings. The highest BCUT2D eigenvalue weighted by Gasteiger charge is 2.28. The molecule has 4 heteroatoms. The predicted molar refractivity (Wildman–Crippen MR) is 68.2 cm³/mol. The minimum atomic E-state index is -0.335. The highest BCUT2D eigenvalue weighted by molar-refractivity contribution is 5.98. The van der Waals surface area contributed by atoms with Crippen LogP contribution >= 0.6 is 0 Å². The van der Waals surface area contributed by atoms with Gasteiger partial charge in [-0.05, 0) is 25.5 Å². The molecule has 0 unspecified atom stereocenters. The van der Waals surface area contributed by atoms with Crippen LogP contribution in [0.4, 0.5) is 0 Å². The first-order chi connectivity index (χ1) is 8.76. The van der Waals surface area contributed by atoms with Crippen molar-refractivity contribution in [1.82, 2.24) is 4.90 Å². The van der Waals surface area contributed by atoms with Crippen molar-refractivity contribution < 1.29 is 14.3 Å². The van der Waals surface area contributed by atoms with Crippen molar-refractivity contribution in [3.05, 3.63) is 35.4 Å². The Hall–Kier alpha value is -1.39. The fourth-order valence-corrected chi connectivity index (χ4v) is 2.17. The van der Waals surface area contributed by atoms with E-state index in [0.29, 0.717) is 26.3 Å². The molecule has 0 spiro atoms. The molecule has 1 aliphatic rings. The van der Waals surface area contributed by atoms with E-state index in [-0.39, 0.29) is 12.2 Å². The second kappa shape index (κ2) is 5.98. The lowest BCUT2D eigenvalue weighted by Gasteiger charge is -2.23. The summed E-state index contributed by atoms with van der Waals surface area (Å²) in [6.45, 7) is 6.14. The maximum atomic E-state index is 12.2. The molecule has 98 valence electrons. The van der Waals surface area contributed by atoms with Gasteiger partial charge in [-0.3, -0.25) is 4.79 Å². The van der Waals surface area contributed by atoms with Crippen LogP contribution in [0.1, 0.15) is 29.8 Å². The summed E-state index contributed by atoms with van der Waals surface area (Å²) in [7, 11) is 0. The third-order valence-corrected chi connectivity index (χ3v) is 2.97. The molecule has 0 aromatic heterocycles. The molecule has 4 nitrogen and oxygen atoms in total. The molecule has 0 bridgehead atoms. The molecule has 18 heavy (non-hydrogen) atoms. The zero-order valence-electron chi connectivity index (χ0n) is 10.9. The normalized spacial score (nSPS) is 14.4. The number of fused-ring (bicyclic) bond motifs is 1. The molecule has 1 heterocycles. The van der Waals surface area contributed by atoms with Crippen LogP contribution < -0.4 is 0 Å². The summed E-state index contributed by atoms with van der Waals surface area (Å²) in [4.78, 5) is 13.9. The number of rotatable bonds is 6. The minimum Gasteiger partial charge on any atom is -0.351 e. The molecule has 2 rings (SSSR count). The van der Waals surface area contributed by atoms with Crippen molar-refractivity contribution in [2.75, 3.05) is 19.8 Å². The van der Waals surface area contributed by atoms with Crippen molar-refractivity contribution >= 4 is 5.91 Å². The van der Waals surface area contributed by atoms with E-state index in [2.05, 4.69) is 0 Å². The van der Waals surface area contributed by atoms with Crippen LogP contribution in [-0.2, 0) is 16.0 Å². The number of carbonyl (C=O) groups is 1. The third-order valence-electron chi connectivity index (χ3n) is 2.97. The summed E-state index contributed by atoms with van der Waals surface area (Å²) in [5.74, 6) is 0.0648. The van der Waals surface area contributed by atoms with Gasteiger partial charge < -0.3 is 14.4 Å². The minimum absolute atomic E-state index is 0.0648. The van der Waals surface area contributed by atoms with Gasteiger partial charge >= 0.3 is 0 Å². The van der Waals surface area contributed by atoms with Gasteiger partial charge in [0.15, 0.2) is 6.29 Å². The zero-order valence-corrected chi connectivity index (χ0v) is 10.9. The van der Waals surface area contributed by atoms with Crippen LogP contribution in [0.25, 0.3) is 0 Å². The molecule has 1 amide bonds. The van der Waals surface area contributed by atoms with Crippen molar-refractivity contribution in [1.29, 1.82) is 0 Å². The van der Waals surface area contributed by atoms with E-state index in [1.807, 2.05) is 38.1 Å². The van der Waals surface area contributed by atoms with Gasteiger partial charge in [-0.15, -0.1) is 0 Å². The van der Waals surface area contributed by atoms with Crippen molar-refractivity contribution in [3.8, 4) is 0 Å². The lowest BCUT2D eigenvalue weighted by Crippen LogP contribution is -2.35. The molecular weight excluding hydrogens is 230 g/mol. The Balaban J connectivity index is 2.02. The highest BCUT2D eigenvalue weighted by atomic mass is 16.7. The Morgan fingerprint density at radius 3 is 2.50 bits per heavy atom. The number of ether oxygens (including phenoxy) is 2. The van der Waals surface area contributed by atoms with Crippen LogP contribution in [0.3, 0.4) is 0 Å². The van der Waals surface area contributed by atoms with Gasteiger partial charge in [-0.25, -0.2) is 0 Å². The smallest absolute Gasteiger partial charge is 0.254 e. The van der Waals surface area contributed by atoms with E-state index in [0.717, 1.165) is 11.1 Å². The molecule has 1 aliphatic heterocycles. The van der Waals surface area contributed by atoms with E-state index in [4.69, 9.17) is 9.47 Å². The van der Waals surface area contributed by atoms with Gasteiger partial charge in [0.2, 0.25) is 0 Å². The molecule has 1 aromatic carbocycles. The first-order valence-electron chi connectivity index (χ1n) is 6.36. The van der Waals surface area contributed by atoms with Crippen molar-refractivity contribution in [2.45, 2.75) is 26.7 Å². The fraction of sp³-hybridized carbons (Fsp3) is 0.500. The molecule has 0 N–H and O–H groups in total. The summed E-state index contributed by atoms with van der Waals surface area (Å²) in [5.41, 5.74) is 1.87. The van der Waals surface area contributed by atoms with Crippen LogP contribution in [0.5, 0.6) is 0 Å². The van der Waals surface area contributed by atoms with Crippen LogP contribution in [0.2, 0.25) is 0 Å². The Bertz CT molecular complexity index is 413. The SMILES string of the molecule is CCOC(CN1Cc2ccccc2C1=O)OCC. The van der Waals surface area contributed by atoms with Crippen LogP contribution in [0.15, 0.2) is 24.3 Å². The number of benzene rings is 1. The number of nitrogens with zero attached hydrogens (tertiary/aromatic N) is 1. The fourth-order valence-electron chi connectivity index (χ4n) is 2.17. The quantitative estimate of drug-likeness (QED) is 0.724. The Kier molecular flexibility index (Phi) is 4.33.